The first-order chi connectivity index (χ1) is 20.1. The molecule has 0 saturated carbocycles. The highest BCUT2D eigenvalue weighted by Gasteiger charge is 2.18. The lowest BCUT2D eigenvalue weighted by Crippen LogP contribution is -2.11. The summed E-state index contributed by atoms with van der Waals surface area (Å²) in [5.41, 5.74) is 9.60. The number of hydrogen-bond acceptors (Lipinski definition) is 0. The Kier molecular flexibility index (Phi) is 19.2. The number of unbranched alkanes of at least 4 members (excludes halogenated alkanes) is 9. The molecule has 2 rings (SSSR count). The summed E-state index contributed by atoms with van der Waals surface area (Å²) in [7, 11) is 0. The minimum absolute atomic E-state index is 0.504. The quantitative estimate of drug-likeness (QED) is 0.112. The molecule has 2 aromatic rings. The van der Waals surface area contributed by atoms with E-state index < -0.39 is 0 Å². The summed E-state index contributed by atoms with van der Waals surface area (Å²) in [6, 6.07) is 15.1. The van der Waals surface area contributed by atoms with Gasteiger partial charge in [0.15, 0.2) is 0 Å². The molecule has 41 heavy (non-hydrogen) atoms. The minimum Gasteiger partial charge on any atom is -0.0654 e. The lowest BCUT2D eigenvalue weighted by Gasteiger charge is -2.23. The van der Waals surface area contributed by atoms with Crippen molar-refractivity contribution in [2.24, 2.45) is 5.92 Å². The van der Waals surface area contributed by atoms with Crippen molar-refractivity contribution in [2.45, 2.75) is 176 Å². The van der Waals surface area contributed by atoms with Crippen molar-refractivity contribution >= 4 is 0 Å². The summed E-state index contributed by atoms with van der Waals surface area (Å²) < 4.78 is 0. The molecule has 1 radical (unpaired) electrons. The predicted octanol–water partition coefficient (Wildman–Crippen LogP) is 13.0. The van der Waals surface area contributed by atoms with Gasteiger partial charge in [-0.25, -0.2) is 0 Å². The molecule has 0 fully saturated rings. The summed E-state index contributed by atoms with van der Waals surface area (Å²) in [5, 5.41) is 0. The Morgan fingerprint density at radius 2 is 0.976 bits per heavy atom. The third-order valence-electron chi connectivity index (χ3n) is 9.21. The van der Waals surface area contributed by atoms with Crippen molar-refractivity contribution in [2.75, 3.05) is 0 Å². The second-order valence-electron chi connectivity index (χ2n) is 13.0. The van der Waals surface area contributed by atoms with Crippen LogP contribution in [0, 0.1) is 12.3 Å². The third-order valence-corrected chi connectivity index (χ3v) is 9.21. The van der Waals surface area contributed by atoms with Crippen LogP contribution in [0.25, 0.3) is 0 Å². The largest absolute Gasteiger partial charge is 0.0654 e. The SMILES string of the molecule is CCCCCc1ccc(CC([CH]C(C)c2ccc(CCCCC)c(CCCCC)c2)CCCC)cc1CCCCC. The van der Waals surface area contributed by atoms with Crippen LogP contribution in [0.1, 0.15) is 177 Å². The fourth-order valence-corrected chi connectivity index (χ4v) is 6.51. The number of benzene rings is 2. The van der Waals surface area contributed by atoms with Gasteiger partial charge in [0.2, 0.25) is 0 Å². The van der Waals surface area contributed by atoms with Gasteiger partial charge in [-0.15, -0.1) is 0 Å². The van der Waals surface area contributed by atoms with E-state index in [1.165, 1.54) is 134 Å². The predicted molar refractivity (Wildman–Crippen MR) is 185 cm³/mol. The zero-order valence-electron chi connectivity index (χ0n) is 28.3. The van der Waals surface area contributed by atoms with Crippen LogP contribution in [-0.4, -0.2) is 0 Å². The van der Waals surface area contributed by atoms with E-state index in [-0.39, 0.29) is 0 Å². The molecule has 0 aliphatic rings. The molecule has 231 valence electrons. The smallest absolute Gasteiger partial charge is 0.0156 e. The Bertz CT molecular complexity index is 922. The molecule has 0 spiro atoms. The molecular weight excluding hydrogens is 492 g/mol. The van der Waals surface area contributed by atoms with Crippen molar-refractivity contribution in [3.8, 4) is 0 Å². The van der Waals surface area contributed by atoms with Gasteiger partial charge in [-0.05, 0) is 116 Å². The Hall–Kier alpha value is -1.56. The molecule has 0 aromatic heterocycles. The summed E-state index contributed by atoms with van der Waals surface area (Å²) in [4.78, 5) is 0. The Morgan fingerprint density at radius 3 is 1.49 bits per heavy atom. The molecule has 0 amide bonds. The zero-order valence-corrected chi connectivity index (χ0v) is 28.3. The van der Waals surface area contributed by atoms with Gasteiger partial charge in [0, 0.05) is 0 Å². The van der Waals surface area contributed by atoms with Crippen LogP contribution in [0.5, 0.6) is 0 Å². The fourth-order valence-electron chi connectivity index (χ4n) is 6.51. The van der Waals surface area contributed by atoms with Gasteiger partial charge in [0.05, 0.1) is 0 Å². The lowest BCUT2D eigenvalue weighted by molar-refractivity contribution is 0.494. The molecule has 0 heteroatoms. The van der Waals surface area contributed by atoms with Crippen molar-refractivity contribution in [3.05, 3.63) is 76.2 Å². The summed E-state index contributed by atoms with van der Waals surface area (Å²) >= 11 is 0. The van der Waals surface area contributed by atoms with Crippen molar-refractivity contribution in [3.63, 3.8) is 0 Å². The van der Waals surface area contributed by atoms with Gasteiger partial charge in [-0.1, -0.05) is 142 Å². The Balaban J connectivity index is 2.19. The highest BCUT2D eigenvalue weighted by Crippen LogP contribution is 2.31. The number of rotatable bonds is 24. The first kappa shape index (κ1) is 35.6. The average molecular weight is 560 g/mol. The number of aryl methyl sites for hydroxylation is 4. The topological polar surface area (TPSA) is 0 Å². The van der Waals surface area contributed by atoms with Gasteiger partial charge in [-0.3, -0.25) is 0 Å². The third kappa shape index (κ3) is 14.0. The van der Waals surface area contributed by atoms with E-state index in [1.54, 1.807) is 27.8 Å². The van der Waals surface area contributed by atoms with Gasteiger partial charge in [0.1, 0.15) is 0 Å². The van der Waals surface area contributed by atoms with Crippen LogP contribution in [0.4, 0.5) is 0 Å². The van der Waals surface area contributed by atoms with Crippen LogP contribution < -0.4 is 0 Å². The summed E-state index contributed by atoms with van der Waals surface area (Å²) in [5.74, 6) is 1.15. The first-order valence-electron chi connectivity index (χ1n) is 18.1. The Morgan fingerprint density at radius 1 is 0.512 bits per heavy atom. The van der Waals surface area contributed by atoms with Gasteiger partial charge < -0.3 is 0 Å². The summed E-state index contributed by atoms with van der Waals surface area (Å²) in [6.07, 6.45) is 28.8. The monoisotopic (exact) mass is 560 g/mol. The molecule has 0 bridgehead atoms. The van der Waals surface area contributed by atoms with Gasteiger partial charge >= 0.3 is 0 Å². The van der Waals surface area contributed by atoms with Gasteiger partial charge in [-0.2, -0.15) is 0 Å². The molecule has 0 heterocycles. The molecule has 2 unspecified atom stereocenters. The van der Waals surface area contributed by atoms with E-state index >= 15 is 0 Å². The maximum Gasteiger partial charge on any atom is -0.0156 e. The van der Waals surface area contributed by atoms with E-state index in [0.29, 0.717) is 11.8 Å². The van der Waals surface area contributed by atoms with E-state index in [4.69, 9.17) is 0 Å². The van der Waals surface area contributed by atoms with Crippen LogP contribution in [0.3, 0.4) is 0 Å². The van der Waals surface area contributed by atoms with E-state index in [1.807, 2.05) is 0 Å². The second-order valence-corrected chi connectivity index (χ2v) is 13.0. The van der Waals surface area contributed by atoms with Crippen molar-refractivity contribution in [1.82, 2.24) is 0 Å². The molecule has 0 nitrogen and oxygen atoms in total. The molecule has 0 saturated heterocycles. The maximum absolute atomic E-state index is 2.71. The van der Waals surface area contributed by atoms with Gasteiger partial charge in [0.25, 0.3) is 0 Å². The normalized spacial score (nSPS) is 13.0. The molecule has 0 aliphatic carbocycles. The fraction of sp³-hybridized carbons (Fsp3) is 0.683. The van der Waals surface area contributed by atoms with Crippen molar-refractivity contribution < 1.29 is 0 Å². The maximum atomic E-state index is 2.71. The van der Waals surface area contributed by atoms with E-state index in [0.717, 1.165) is 0 Å². The Labute approximate surface area is 257 Å². The molecule has 0 aliphatic heterocycles. The highest BCUT2D eigenvalue weighted by atomic mass is 14.2. The average Bonchev–Trinajstić information content (AvgIpc) is 2.98. The molecule has 2 aromatic carbocycles. The zero-order chi connectivity index (χ0) is 29.7. The second kappa shape index (κ2) is 22.0. The molecule has 0 N–H and O–H groups in total. The first-order valence-corrected chi connectivity index (χ1v) is 18.1. The summed E-state index contributed by atoms with van der Waals surface area (Å²) in [6.45, 7) is 14.1. The standard InChI is InChI=1S/C41H67/c1-7-12-17-22-37-27-26-36(32-40(37)24-19-14-9-3)31-35(21-16-11-5)30-34(6)39-29-28-38(23-18-13-8-2)41(33-39)25-20-15-10-4/h26-30,32-35H,7-25,31H2,1-6H3. The molecular formula is C41H67. The highest BCUT2D eigenvalue weighted by molar-refractivity contribution is 5.36. The van der Waals surface area contributed by atoms with Crippen LogP contribution >= 0.6 is 0 Å². The number of hydrogen-bond donors (Lipinski definition) is 0. The van der Waals surface area contributed by atoms with Crippen molar-refractivity contribution in [1.29, 1.82) is 0 Å². The lowest BCUT2D eigenvalue weighted by atomic mass is 9.82. The molecule has 2 atom stereocenters. The van der Waals surface area contributed by atoms with E-state index in [9.17, 15) is 0 Å². The van der Waals surface area contributed by atoms with Crippen LogP contribution in [-0.2, 0) is 32.1 Å². The minimum atomic E-state index is 0.504. The van der Waals surface area contributed by atoms with E-state index in [2.05, 4.69) is 84.4 Å². The van der Waals surface area contributed by atoms with Crippen LogP contribution in [0.15, 0.2) is 36.4 Å². The van der Waals surface area contributed by atoms with Crippen LogP contribution in [0.2, 0.25) is 0 Å².